The maximum absolute atomic E-state index is 12.4. The second-order valence-electron chi connectivity index (χ2n) is 5.95. The van der Waals surface area contributed by atoms with Crippen LogP contribution in [0.25, 0.3) is 0 Å². The van der Waals surface area contributed by atoms with Gasteiger partial charge in [-0.2, -0.15) is 0 Å². The van der Waals surface area contributed by atoms with Crippen molar-refractivity contribution in [3.63, 3.8) is 0 Å². The minimum Gasteiger partial charge on any atom is -0.396 e. The highest BCUT2D eigenvalue weighted by atomic mass is 16.3. The van der Waals surface area contributed by atoms with Gasteiger partial charge in [0.1, 0.15) is 0 Å². The van der Waals surface area contributed by atoms with E-state index in [0.29, 0.717) is 12.3 Å². The number of nitrogens with one attached hydrogen (secondary N) is 1. The summed E-state index contributed by atoms with van der Waals surface area (Å²) < 4.78 is 0. The predicted octanol–water partition coefficient (Wildman–Crippen LogP) is 3.05. The van der Waals surface area contributed by atoms with Gasteiger partial charge >= 0.3 is 0 Å². The predicted molar refractivity (Wildman–Crippen MR) is 80.2 cm³/mol. The molecular weight excluding hydrogens is 250 g/mol. The van der Waals surface area contributed by atoms with Crippen molar-refractivity contribution in [1.29, 1.82) is 0 Å². The van der Waals surface area contributed by atoms with E-state index < -0.39 is 0 Å². The molecule has 1 aromatic carbocycles. The highest BCUT2D eigenvalue weighted by molar-refractivity contribution is 5.79. The zero-order valence-electron chi connectivity index (χ0n) is 12.2. The van der Waals surface area contributed by atoms with Crippen LogP contribution in [-0.2, 0) is 4.79 Å². The summed E-state index contributed by atoms with van der Waals surface area (Å²) in [6, 6.07) is 9.83. The minimum absolute atomic E-state index is 0.0778. The molecule has 20 heavy (non-hydrogen) atoms. The van der Waals surface area contributed by atoms with E-state index in [2.05, 4.69) is 12.2 Å². The van der Waals surface area contributed by atoms with E-state index >= 15 is 0 Å². The summed E-state index contributed by atoms with van der Waals surface area (Å²) in [6.07, 6.45) is 4.94. The summed E-state index contributed by atoms with van der Waals surface area (Å²) in [4.78, 5) is 12.4. The third-order valence-corrected chi connectivity index (χ3v) is 4.24. The van der Waals surface area contributed by atoms with E-state index in [0.717, 1.165) is 24.8 Å². The summed E-state index contributed by atoms with van der Waals surface area (Å²) in [5, 5.41) is 12.3. The quantitative estimate of drug-likeness (QED) is 0.867. The van der Waals surface area contributed by atoms with Crippen molar-refractivity contribution in [2.75, 3.05) is 6.61 Å². The topological polar surface area (TPSA) is 49.3 Å². The lowest BCUT2D eigenvalue weighted by atomic mass is 9.82. The largest absolute Gasteiger partial charge is 0.396 e. The molecule has 1 fully saturated rings. The van der Waals surface area contributed by atoms with Gasteiger partial charge in [-0.1, -0.05) is 50.1 Å². The van der Waals surface area contributed by atoms with E-state index in [4.69, 9.17) is 0 Å². The highest BCUT2D eigenvalue weighted by Crippen LogP contribution is 2.29. The number of hydrogen-bond donors (Lipinski definition) is 2. The summed E-state index contributed by atoms with van der Waals surface area (Å²) >= 11 is 0. The number of benzene rings is 1. The van der Waals surface area contributed by atoms with Crippen molar-refractivity contribution in [2.45, 2.75) is 45.1 Å². The third kappa shape index (κ3) is 4.07. The molecule has 3 atom stereocenters. The average molecular weight is 275 g/mol. The molecule has 2 rings (SSSR count). The van der Waals surface area contributed by atoms with E-state index in [1.54, 1.807) is 0 Å². The molecule has 0 aliphatic heterocycles. The molecule has 1 aliphatic carbocycles. The first-order chi connectivity index (χ1) is 9.70. The Balaban J connectivity index is 1.99. The fourth-order valence-corrected chi connectivity index (χ4v) is 3.10. The van der Waals surface area contributed by atoms with Crippen molar-refractivity contribution >= 4 is 5.91 Å². The van der Waals surface area contributed by atoms with E-state index in [1.165, 1.54) is 6.42 Å². The van der Waals surface area contributed by atoms with E-state index in [1.807, 2.05) is 30.3 Å². The van der Waals surface area contributed by atoms with Gasteiger partial charge in [-0.05, 0) is 30.7 Å². The van der Waals surface area contributed by atoms with Crippen LogP contribution in [-0.4, -0.2) is 17.6 Å². The molecule has 0 heterocycles. The summed E-state index contributed by atoms with van der Waals surface area (Å²) in [7, 11) is 0. The first-order valence-corrected chi connectivity index (χ1v) is 7.67. The Morgan fingerprint density at radius 1 is 1.35 bits per heavy atom. The standard InChI is InChI=1S/C17H25NO2/c1-13-6-5-9-15(12-13)17(20)18-16(10-11-19)14-7-3-2-4-8-14/h2-4,7-8,13,15-16,19H,5-6,9-12H2,1H3,(H,18,20). The molecule has 3 nitrogen and oxygen atoms in total. The number of rotatable bonds is 5. The van der Waals surface area contributed by atoms with Crippen LogP contribution in [0, 0.1) is 11.8 Å². The Morgan fingerprint density at radius 2 is 2.10 bits per heavy atom. The molecule has 3 unspecified atom stereocenters. The van der Waals surface area contributed by atoms with Gasteiger partial charge in [-0.25, -0.2) is 0 Å². The van der Waals surface area contributed by atoms with Crippen LogP contribution >= 0.6 is 0 Å². The lowest BCUT2D eigenvalue weighted by molar-refractivity contribution is -0.127. The Kier molecular flexibility index (Phi) is 5.60. The van der Waals surface area contributed by atoms with Gasteiger partial charge in [0.2, 0.25) is 5.91 Å². The van der Waals surface area contributed by atoms with Crippen LogP contribution in [0.1, 0.15) is 50.6 Å². The van der Waals surface area contributed by atoms with Gasteiger partial charge in [-0.15, -0.1) is 0 Å². The second-order valence-corrected chi connectivity index (χ2v) is 5.95. The Labute approximate surface area is 121 Å². The van der Waals surface area contributed by atoms with Crippen molar-refractivity contribution in [2.24, 2.45) is 11.8 Å². The van der Waals surface area contributed by atoms with Gasteiger partial charge in [-0.3, -0.25) is 4.79 Å². The molecule has 3 heteroatoms. The van der Waals surface area contributed by atoms with Crippen molar-refractivity contribution in [1.82, 2.24) is 5.32 Å². The van der Waals surface area contributed by atoms with Crippen LogP contribution in [0.3, 0.4) is 0 Å². The molecule has 0 saturated heterocycles. The first kappa shape index (κ1) is 15.0. The first-order valence-electron chi connectivity index (χ1n) is 7.67. The third-order valence-electron chi connectivity index (χ3n) is 4.24. The zero-order chi connectivity index (χ0) is 14.4. The maximum atomic E-state index is 12.4. The summed E-state index contributed by atoms with van der Waals surface area (Å²) in [5.41, 5.74) is 1.07. The summed E-state index contributed by atoms with van der Waals surface area (Å²) in [6.45, 7) is 2.31. The molecule has 0 bridgehead atoms. The molecule has 1 saturated carbocycles. The molecule has 0 spiro atoms. The number of carbonyl (C=O) groups excluding carboxylic acids is 1. The van der Waals surface area contributed by atoms with Crippen molar-refractivity contribution in [3.8, 4) is 0 Å². The van der Waals surface area contributed by atoms with Gasteiger partial charge in [0.05, 0.1) is 6.04 Å². The lowest BCUT2D eigenvalue weighted by Crippen LogP contribution is -2.36. The van der Waals surface area contributed by atoms with Crippen LogP contribution in [0.2, 0.25) is 0 Å². The van der Waals surface area contributed by atoms with E-state index in [9.17, 15) is 9.90 Å². The molecule has 1 aliphatic rings. The molecule has 110 valence electrons. The number of amides is 1. The monoisotopic (exact) mass is 275 g/mol. The molecule has 0 aromatic heterocycles. The second kappa shape index (κ2) is 7.44. The fraction of sp³-hybridized carbons (Fsp3) is 0.588. The number of carbonyl (C=O) groups is 1. The Morgan fingerprint density at radius 3 is 2.75 bits per heavy atom. The zero-order valence-corrected chi connectivity index (χ0v) is 12.2. The normalized spacial score (nSPS) is 24.1. The lowest BCUT2D eigenvalue weighted by Gasteiger charge is -2.28. The van der Waals surface area contributed by atoms with Gasteiger partial charge in [0.25, 0.3) is 0 Å². The van der Waals surface area contributed by atoms with Crippen molar-refractivity contribution < 1.29 is 9.90 Å². The average Bonchev–Trinajstić information content (AvgIpc) is 2.47. The number of aliphatic hydroxyl groups is 1. The molecule has 1 amide bonds. The smallest absolute Gasteiger partial charge is 0.223 e. The Hall–Kier alpha value is -1.35. The van der Waals surface area contributed by atoms with Crippen LogP contribution in [0.15, 0.2) is 30.3 Å². The molecule has 2 N–H and O–H groups in total. The van der Waals surface area contributed by atoms with Crippen molar-refractivity contribution in [3.05, 3.63) is 35.9 Å². The van der Waals surface area contributed by atoms with Gasteiger partial charge < -0.3 is 10.4 Å². The number of aliphatic hydroxyl groups excluding tert-OH is 1. The van der Waals surface area contributed by atoms with Crippen LogP contribution in [0.5, 0.6) is 0 Å². The fourth-order valence-electron chi connectivity index (χ4n) is 3.10. The van der Waals surface area contributed by atoms with Gasteiger partial charge in [0.15, 0.2) is 0 Å². The molecule has 0 radical (unpaired) electrons. The number of hydrogen-bond acceptors (Lipinski definition) is 2. The molecular formula is C17H25NO2. The Bertz CT molecular complexity index is 418. The summed E-state index contributed by atoms with van der Waals surface area (Å²) in [5.74, 6) is 0.940. The van der Waals surface area contributed by atoms with Gasteiger partial charge in [0, 0.05) is 12.5 Å². The van der Waals surface area contributed by atoms with E-state index in [-0.39, 0.29) is 24.5 Å². The van der Waals surface area contributed by atoms with Crippen LogP contribution < -0.4 is 5.32 Å². The highest BCUT2D eigenvalue weighted by Gasteiger charge is 2.26. The minimum atomic E-state index is -0.0778. The molecule has 1 aromatic rings. The SMILES string of the molecule is CC1CCCC(C(=O)NC(CCO)c2ccccc2)C1. The maximum Gasteiger partial charge on any atom is 0.223 e. The van der Waals surface area contributed by atoms with Crippen LogP contribution in [0.4, 0.5) is 0 Å².